The number of primary amides is 1. The molecule has 1 aromatic carbocycles. The summed E-state index contributed by atoms with van der Waals surface area (Å²) in [6, 6.07) is 6.12. The van der Waals surface area contributed by atoms with Gasteiger partial charge in [-0.15, -0.1) is 0 Å². The van der Waals surface area contributed by atoms with Crippen LogP contribution in [0.25, 0.3) is 0 Å². The van der Waals surface area contributed by atoms with Gasteiger partial charge in [-0.1, -0.05) is 0 Å². The van der Waals surface area contributed by atoms with Crippen LogP contribution in [0.1, 0.15) is 44.9 Å². The zero-order valence-corrected chi connectivity index (χ0v) is 19.1. The highest BCUT2D eigenvalue weighted by Crippen LogP contribution is 2.59. The number of nitrogens with zero attached hydrogens (tertiary/aromatic N) is 1. The van der Waals surface area contributed by atoms with Crippen molar-refractivity contribution in [1.29, 1.82) is 0 Å². The summed E-state index contributed by atoms with van der Waals surface area (Å²) < 4.78 is 33.0. The summed E-state index contributed by atoms with van der Waals surface area (Å²) >= 11 is 0. The quantitative estimate of drug-likeness (QED) is 0.610. The minimum absolute atomic E-state index is 0.00346. The lowest BCUT2D eigenvalue weighted by atomic mass is 9.47. The lowest BCUT2D eigenvalue weighted by molar-refractivity contribution is -0.147. The Morgan fingerprint density at radius 3 is 2.28 bits per heavy atom. The monoisotopic (exact) mass is 461 g/mol. The van der Waals surface area contributed by atoms with Gasteiger partial charge < -0.3 is 15.8 Å². The number of methoxy groups -OCH3 is 1. The van der Waals surface area contributed by atoms with Crippen LogP contribution in [0, 0.1) is 23.2 Å². The van der Waals surface area contributed by atoms with E-state index in [0.717, 1.165) is 44.9 Å². The molecule has 2 atom stereocenters. The molecule has 0 radical (unpaired) electrons. The first kappa shape index (κ1) is 21.7. The van der Waals surface area contributed by atoms with Crippen molar-refractivity contribution in [2.24, 2.45) is 28.9 Å². The van der Waals surface area contributed by atoms with E-state index in [1.165, 1.54) is 23.5 Å². The predicted molar refractivity (Wildman–Crippen MR) is 117 cm³/mol. The van der Waals surface area contributed by atoms with E-state index < -0.39 is 15.4 Å². The number of benzene rings is 1. The number of nitrogens with one attached hydrogen (secondary N) is 1. The molecule has 32 heavy (non-hydrogen) atoms. The standard InChI is InChI=1S/C23H31N3O5S/c1-31-18-4-6-19(7-5-18)32(29,30)26(17-2-3-17)13-20(27)25-21-15-8-14-9-16(21)12-23(10-14,11-15)22(24)28/h4-7,14-17,21H,2-3,8-13H2,1H3,(H2,24,28)(H,25,27). The average molecular weight is 462 g/mol. The number of sulfonamides is 1. The molecule has 174 valence electrons. The molecule has 5 fully saturated rings. The first-order valence-electron chi connectivity index (χ1n) is 11.5. The number of carbonyl (C=O) groups is 2. The van der Waals surface area contributed by atoms with Crippen molar-refractivity contribution in [3.05, 3.63) is 24.3 Å². The molecule has 0 heterocycles. The van der Waals surface area contributed by atoms with Crippen LogP contribution in [-0.2, 0) is 19.6 Å². The smallest absolute Gasteiger partial charge is 0.243 e. The number of carbonyl (C=O) groups excluding carboxylic acids is 2. The van der Waals surface area contributed by atoms with Crippen LogP contribution in [-0.4, -0.2) is 50.3 Å². The third-order valence-corrected chi connectivity index (χ3v) is 9.96. The van der Waals surface area contributed by atoms with Crippen LogP contribution in [0.15, 0.2) is 29.2 Å². The maximum atomic E-state index is 13.3. The minimum Gasteiger partial charge on any atom is -0.497 e. The van der Waals surface area contributed by atoms with Gasteiger partial charge in [0.25, 0.3) is 0 Å². The van der Waals surface area contributed by atoms with Crippen molar-refractivity contribution in [1.82, 2.24) is 9.62 Å². The Kier molecular flexibility index (Phi) is 5.24. The van der Waals surface area contributed by atoms with Crippen LogP contribution in [0.2, 0.25) is 0 Å². The number of hydrogen-bond acceptors (Lipinski definition) is 5. The zero-order chi connectivity index (χ0) is 22.7. The molecule has 0 aliphatic heterocycles. The molecule has 6 rings (SSSR count). The minimum atomic E-state index is -3.78. The van der Waals surface area contributed by atoms with E-state index in [1.54, 1.807) is 12.1 Å². The number of nitrogens with two attached hydrogens (primary N) is 1. The Labute approximate surface area is 188 Å². The third kappa shape index (κ3) is 3.69. The van der Waals surface area contributed by atoms with Crippen molar-refractivity contribution in [3.63, 3.8) is 0 Å². The van der Waals surface area contributed by atoms with Gasteiger partial charge in [0.15, 0.2) is 0 Å². The van der Waals surface area contributed by atoms with Crippen molar-refractivity contribution in [3.8, 4) is 5.75 Å². The summed E-state index contributed by atoms with van der Waals surface area (Å²) in [5, 5.41) is 3.16. The second-order valence-corrected chi connectivity index (χ2v) is 12.1. The van der Waals surface area contributed by atoms with E-state index in [0.29, 0.717) is 11.7 Å². The molecule has 5 aliphatic rings. The first-order valence-corrected chi connectivity index (χ1v) is 12.9. The molecule has 8 nitrogen and oxygen atoms in total. The molecule has 3 N–H and O–H groups in total. The molecular formula is C23H31N3O5S. The molecular weight excluding hydrogens is 430 g/mol. The van der Waals surface area contributed by atoms with Crippen molar-refractivity contribution in [2.75, 3.05) is 13.7 Å². The summed E-state index contributed by atoms with van der Waals surface area (Å²) in [6.45, 7) is -0.181. The van der Waals surface area contributed by atoms with Crippen molar-refractivity contribution < 1.29 is 22.7 Å². The molecule has 1 aromatic rings. The number of hydrogen-bond donors (Lipinski definition) is 2. The fourth-order valence-electron chi connectivity index (χ4n) is 6.59. The van der Waals surface area contributed by atoms with Crippen LogP contribution in [0.4, 0.5) is 0 Å². The second-order valence-electron chi connectivity index (χ2n) is 10.2. The molecule has 0 spiro atoms. The normalized spacial score (nSPS) is 33.3. The van der Waals surface area contributed by atoms with Crippen molar-refractivity contribution in [2.45, 2.75) is 61.9 Å². The van der Waals surface area contributed by atoms with E-state index in [-0.39, 0.29) is 47.2 Å². The van der Waals surface area contributed by atoms with Crippen LogP contribution >= 0.6 is 0 Å². The lowest BCUT2D eigenvalue weighted by Gasteiger charge is -2.58. The Morgan fingerprint density at radius 2 is 1.75 bits per heavy atom. The van der Waals surface area contributed by atoms with Gasteiger partial charge in [0, 0.05) is 17.5 Å². The summed E-state index contributed by atoms with van der Waals surface area (Å²) in [6.07, 6.45) is 5.89. The SMILES string of the molecule is COc1ccc(S(=O)(=O)N(CC(=O)NC2C3CC4CC2CC(C(N)=O)(C4)C3)C2CC2)cc1. The maximum Gasteiger partial charge on any atom is 0.243 e. The molecule has 0 saturated heterocycles. The first-order chi connectivity index (χ1) is 15.2. The van der Waals surface area contributed by atoms with E-state index in [9.17, 15) is 18.0 Å². The van der Waals surface area contributed by atoms with Gasteiger partial charge in [-0.3, -0.25) is 9.59 Å². The van der Waals surface area contributed by atoms with Gasteiger partial charge in [0.2, 0.25) is 21.8 Å². The Bertz CT molecular complexity index is 1000. The highest BCUT2D eigenvalue weighted by molar-refractivity contribution is 7.89. The van der Waals surface area contributed by atoms with Crippen molar-refractivity contribution >= 4 is 21.8 Å². The van der Waals surface area contributed by atoms with E-state index >= 15 is 0 Å². The van der Waals surface area contributed by atoms with Gasteiger partial charge >= 0.3 is 0 Å². The van der Waals surface area contributed by atoms with E-state index in [2.05, 4.69) is 5.32 Å². The number of ether oxygens (including phenoxy) is 1. The summed E-state index contributed by atoms with van der Waals surface area (Å²) in [7, 11) is -2.26. The summed E-state index contributed by atoms with van der Waals surface area (Å²) in [5.74, 6) is 1.10. The van der Waals surface area contributed by atoms with E-state index in [4.69, 9.17) is 10.5 Å². The molecule has 5 saturated carbocycles. The Hall–Kier alpha value is -2.13. The molecule has 9 heteroatoms. The molecule has 0 aromatic heterocycles. The number of amides is 2. The van der Waals surface area contributed by atoms with Gasteiger partial charge in [0.05, 0.1) is 18.6 Å². The third-order valence-electron chi connectivity index (χ3n) is 8.04. The van der Waals surface area contributed by atoms with E-state index in [1.807, 2.05) is 0 Å². The number of rotatable bonds is 8. The highest BCUT2D eigenvalue weighted by Gasteiger charge is 2.58. The van der Waals surface area contributed by atoms with Crippen LogP contribution < -0.4 is 15.8 Å². The summed E-state index contributed by atoms with van der Waals surface area (Å²) in [5.41, 5.74) is 5.35. The predicted octanol–water partition coefficient (Wildman–Crippen LogP) is 1.64. The fourth-order valence-corrected chi connectivity index (χ4v) is 8.23. The van der Waals surface area contributed by atoms with Gasteiger partial charge in [-0.2, -0.15) is 4.31 Å². The molecule has 2 amide bonds. The van der Waals surface area contributed by atoms with Gasteiger partial charge in [-0.05, 0) is 87.0 Å². The topological polar surface area (TPSA) is 119 Å². The van der Waals surface area contributed by atoms with Gasteiger partial charge in [-0.25, -0.2) is 8.42 Å². The molecule has 5 aliphatic carbocycles. The fraction of sp³-hybridized carbons (Fsp3) is 0.652. The van der Waals surface area contributed by atoms with Crippen LogP contribution in [0.3, 0.4) is 0 Å². The molecule has 4 bridgehead atoms. The zero-order valence-electron chi connectivity index (χ0n) is 18.3. The summed E-state index contributed by atoms with van der Waals surface area (Å²) in [4.78, 5) is 25.4. The van der Waals surface area contributed by atoms with Crippen LogP contribution in [0.5, 0.6) is 5.75 Å². The Balaban J connectivity index is 1.29. The average Bonchev–Trinajstić information content (AvgIpc) is 3.59. The van der Waals surface area contributed by atoms with Gasteiger partial charge in [0.1, 0.15) is 5.75 Å². The highest BCUT2D eigenvalue weighted by atomic mass is 32.2. The molecule has 2 unspecified atom stereocenters. The lowest BCUT2D eigenvalue weighted by Crippen LogP contribution is -2.62. The Morgan fingerprint density at radius 1 is 1.12 bits per heavy atom. The maximum absolute atomic E-state index is 13.3. The largest absolute Gasteiger partial charge is 0.497 e. The second kappa shape index (κ2) is 7.73.